The van der Waals surface area contributed by atoms with Gasteiger partial charge in [-0.2, -0.15) is 0 Å². The van der Waals surface area contributed by atoms with Crippen LogP contribution >= 0.6 is 0 Å². The third-order valence-electron chi connectivity index (χ3n) is 3.70. The van der Waals surface area contributed by atoms with Gasteiger partial charge in [0, 0.05) is 25.2 Å². The number of rotatable bonds is 1. The van der Waals surface area contributed by atoms with Crippen molar-refractivity contribution in [3.8, 4) is 0 Å². The molecule has 17 heavy (non-hydrogen) atoms. The van der Waals surface area contributed by atoms with Gasteiger partial charge in [-0.1, -0.05) is 0 Å². The van der Waals surface area contributed by atoms with Crippen LogP contribution in [-0.2, 0) is 9.53 Å². The first kappa shape index (κ1) is 12.2. The molecule has 2 unspecified atom stereocenters. The molecule has 2 aliphatic heterocycles. The number of likely N-dealkylation sites (tertiary alicyclic amines) is 1. The molecule has 2 heterocycles. The average molecular weight is 242 g/mol. The highest BCUT2D eigenvalue weighted by Gasteiger charge is 2.44. The topological polar surface area (TPSA) is 70.1 Å². The Kier molecular flexibility index (Phi) is 3.24. The van der Waals surface area contributed by atoms with Gasteiger partial charge in [0.05, 0.1) is 13.0 Å². The summed E-state index contributed by atoms with van der Waals surface area (Å²) in [6.07, 6.45) is 0.260. The van der Waals surface area contributed by atoms with Gasteiger partial charge in [0.1, 0.15) is 0 Å². The number of carbonyl (C=O) groups is 2. The quantitative estimate of drug-likeness (QED) is 0.667. The predicted octanol–water partition coefficient (Wildman–Crippen LogP) is 0.232. The molecule has 0 spiro atoms. The maximum Gasteiger partial charge on any atom is 0.407 e. The van der Waals surface area contributed by atoms with E-state index in [1.54, 1.807) is 0 Å². The molecule has 2 rings (SSSR count). The molecular weight excluding hydrogens is 224 g/mol. The minimum atomic E-state index is -0.878. The molecule has 2 aliphatic rings. The van der Waals surface area contributed by atoms with E-state index >= 15 is 0 Å². The molecule has 6 nitrogen and oxygen atoms in total. The van der Waals surface area contributed by atoms with Crippen LogP contribution in [0.2, 0.25) is 0 Å². The number of fused-ring (bicyclic) bond motifs is 2. The zero-order valence-corrected chi connectivity index (χ0v) is 10.1. The number of amides is 1. The first-order valence-corrected chi connectivity index (χ1v) is 5.80. The van der Waals surface area contributed by atoms with Crippen LogP contribution in [0.4, 0.5) is 4.79 Å². The number of piperazine rings is 1. The van der Waals surface area contributed by atoms with Crippen LogP contribution in [0.3, 0.4) is 0 Å². The van der Waals surface area contributed by atoms with Crippen LogP contribution in [-0.4, -0.2) is 66.3 Å². The molecule has 0 saturated carbocycles. The van der Waals surface area contributed by atoms with Crippen LogP contribution in [0, 0.1) is 5.92 Å². The van der Waals surface area contributed by atoms with Gasteiger partial charge < -0.3 is 14.7 Å². The largest absolute Gasteiger partial charge is 0.469 e. The average Bonchev–Trinajstić information content (AvgIpc) is 2.25. The van der Waals surface area contributed by atoms with Gasteiger partial charge in [0.2, 0.25) is 0 Å². The fraction of sp³-hybridized carbons (Fsp3) is 0.818. The van der Waals surface area contributed by atoms with Gasteiger partial charge in [0.15, 0.2) is 0 Å². The van der Waals surface area contributed by atoms with E-state index in [0.29, 0.717) is 25.9 Å². The van der Waals surface area contributed by atoms with E-state index in [1.807, 2.05) is 7.05 Å². The number of ether oxygens (including phenoxy) is 1. The lowest BCUT2D eigenvalue weighted by molar-refractivity contribution is -0.150. The second-order valence-corrected chi connectivity index (χ2v) is 4.91. The Morgan fingerprint density at radius 1 is 1.24 bits per heavy atom. The van der Waals surface area contributed by atoms with Gasteiger partial charge in [-0.15, -0.1) is 0 Å². The maximum atomic E-state index is 11.6. The highest BCUT2D eigenvalue weighted by molar-refractivity contribution is 5.73. The summed E-state index contributed by atoms with van der Waals surface area (Å²) in [7, 11) is 3.37. The Labute approximate surface area is 100 Å². The standard InChI is InChI=1S/C11H18N2O4/c1-12-5-8-3-7(10(14)17-2)4-9(6-12)13(8)11(15)16/h7-9H,3-6H2,1-2H3,(H,15,16). The summed E-state index contributed by atoms with van der Waals surface area (Å²) < 4.78 is 4.76. The molecule has 2 saturated heterocycles. The zero-order chi connectivity index (χ0) is 12.6. The zero-order valence-electron chi connectivity index (χ0n) is 10.1. The molecule has 96 valence electrons. The molecule has 0 aromatic heterocycles. The Hall–Kier alpha value is -1.30. The number of nitrogens with zero attached hydrogens (tertiary/aromatic N) is 2. The minimum Gasteiger partial charge on any atom is -0.469 e. The van der Waals surface area contributed by atoms with Gasteiger partial charge in [-0.05, 0) is 19.9 Å². The number of carboxylic acid groups (broad SMARTS) is 1. The van der Waals surface area contributed by atoms with Crippen LogP contribution in [0.15, 0.2) is 0 Å². The molecule has 2 atom stereocenters. The van der Waals surface area contributed by atoms with E-state index in [1.165, 1.54) is 12.0 Å². The SMILES string of the molecule is COC(=O)C1CC2CN(C)CC(C1)N2C(=O)O. The smallest absolute Gasteiger partial charge is 0.407 e. The lowest BCUT2D eigenvalue weighted by Gasteiger charge is -2.49. The molecule has 1 amide bonds. The highest BCUT2D eigenvalue weighted by atomic mass is 16.5. The second kappa shape index (κ2) is 4.52. The molecule has 6 heteroatoms. The van der Waals surface area contributed by atoms with Crippen LogP contribution < -0.4 is 0 Å². The minimum absolute atomic E-state index is 0.0888. The molecule has 1 N–H and O–H groups in total. The Morgan fingerprint density at radius 2 is 1.76 bits per heavy atom. The third-order valence-corrected chi connectivity index (χ3v) is 3.70. The Balaban J connectivity index is 2.15. The summed E-state index contributed by atoms with van der Waals surface area (Å²) in [5.41, 5.74) is 0. The van der Waals surface area contributed by atoms with E-state index in [2.05, 4.69) is 4.90 Å². The van der Waals surface area contributed by atoms with Crippen LogP contribution in [0.1, 0.15) is 12.8 Å². The molecule has 0 aromatic rings. The number of esters is 1. The van der Waals surface area contributed by atoms with Crippen molar-refractivity contribution in [2.45, 2.75) is 24.9 Å². The van der Waals surface area contributed by atoms with Crippen LogP contribution in [0.25, 0.3) is 0 Å². The van der Waals surface area contributed by atoms with E-state index in [0.717, 1.165) is 0 Å². The first-order valence-electron chi connectivity index (χ1n) is 5.80. The molecular formula is C11H18N2O4. The van der Waals surface area contributed by atoms with Crippen molar-refractivity contribution < 1.29 is 19.4 Å². The normalized spacial score (nSPS) is 33.3. The number of methoxy groups -OCH3 is 1. The van der Waals surface area contributed by atoms with Crippen LogP contribution in [0.5, 0.6) is 0 Å². The summed E-state index contributed by atoms with van der Waals surface area (Å²) in [4.78, 5) is 26.4. The number of hydrogen-bond acceptors (Lipinski definition) is 4. The molecule has 2 fully saturated rings. The summed E-state index contributed by atoms with van der Waals surface area (Å²) in [5, 5.41) is 9.20. The Bertz CT molecular complexity index is 317. The first-order chi connectivity index (χ1) is 8.02. The van der Waals surface area contributed by atoms with Crippen molar-refractivity contribution in [1.82, 2.24) is 9.80 Å². The number of likely N-dealkylation sites (N-methyl/N-ethyl adjacent to an activating group) is 1. The van der Waals surface area contributed by atoms with E-state index < -0.39 is 6.09 Å². The van der Waals surface area contributed by atoms with E-state index in [9.17, 15) is 14.7 Å². The predicted molar refractivity (Wildman–Crippen MR) is 59.7 cm³/mol. The van der Waals surface area contributed by atoms with Gasteiger partial charge >= 0.3 is 12.1 Å². The fourth-order valence-electron chi connectivity index (χ4n) is 3.07. The van der Waals surface area contributed by atoms with Gasteiger partial charge in [-0.3, -0.25) is 9.69 Å². The maximum absolute atomic E-state index is 11.6. The van der Waals surface area contributed by atoms with E-state index in [4.69, 9.17) is 4.74 Å². The Morgan fingerprint density at radius 3 is 2.18 bits per heavy atom. The lowest BCUT2D eigenvalue weighted by atomic mass is 9.83. The summed E-state index contributed by atoms with van der Waals surface area (Å²) in [5.74, 6) is -0.367. The van der Waals surface area contributed by atoms with Crippen molar-refractivity contribution in [3.63, 3.8) is 0 Å². The van der Waals surface area contributed by atoms with Gasteiger partial charge in [-0.25, -0.2) is 4.79 Å². The second-order valence-electron chi connectivity index (χ2n) is 4.91. The summed E-state index contributed by atoms with van der Waals surface area (Å²) >= 11 is 0. The monoisotopic (exact) mass is 242 g/mol. The number of carbonyl (C=O) groups excluding carboxylic acids is 1. The van der Waals surface area contributed by atoms with Crippen molar-refractivity contribution in [1.29, 1.82) is 0 Å². The van der Waals surface area contributed by atoms with Crippen molar-refractivity contribution in [2.24, 2.45) is 5.92 Å². The van der Waals surface area contributed by atoms with E-state index in [-0.39, 0.29) is 24.0 Å². The summed E-state index contributed by atoms with van der Waals surface area (Å²) in [6, 6.07) is -0.178. The van der Waals surface area contributed by atoms with Crippen molar-refractivity contribution >= 4 is 12.1 Å². The molecule has 0 aliphatic carbocycles. The fourth-order valence-corrected chi connectivity index (χ4v) is 3.07. The van der Waals surface area contributed by atoms with Crippen molar-refractivity contribution in [3.05, 3.63) is 0 Å². The van der Waals surface area contributed by atoms with Crippen molar-refractivity contribution in [2.75, 3.05) is 27.2 Å². The molecule has 0 radical (unpaired) electrons. The molecule has 0 aromatic carbocycles. The third kappa shape index (κ3) is 2.22. The summed E-state index contributed by atoms with van der Waals surface area (Å²) in [6.45, 7) is 1.38. The lowest BCUT2D eigenvalue weighted by Crippen LogP contribution is -2.63. The number of hydrogen-bond donors (Lipinski definition) is 1. The highest BCUT2D eigenvalue weighted by Crippen LogP contribution is 2.32. The molecule has 2 bridgehead atoms. The van der Waals surface area contributed by atoms with Gasteiger partial charge in [0.25, 0.3) is 0 Å². The number of piperidine rings is 1.